The standard InChI is InChI=1S/C16H10BrFN2O/c17-13-9-10(18)5-6-11(13)16(21)20-15-7-8-19-14-4-2-1-3-12(14)15/h1-9H,(H,19,20,21). The lowest BCUT2D eigenvalue weighted by atomic mass is 10.1. The molecule has 1 heterocycles. The number of rotatable bonds is 2. The second-order valence-electron chi connectivity index (χ2n) is 4.45. The van der Waals surface area contributed by atoms with E-state index in [0.29, 0.717) is 15.7 Å². The molecule has 3 nitrogen and oxygen atoms in total. The molecule has 3 rings (SSSR count). The third-order valence-electron chi connectivity index (χ3n) is 3.07. The van der Waals surface area contributed by atoms with Crippen molar-refractivity contribution in [1.29, 1.82) is 0 Å². The minimum atomic E-state index is -0.396. The summed E-state index contributed by atoms with van der Waals surface area (Å²) in [6.07, 6.45) is 1.64. The molecule has 0 fully saturated rings. The van der Waals surface area contributed by atoms with Gasteiger partial charge in [-0.05, 0) is 46.3 Å². The number of nitrogens with one attached hydrogen (secondary N) is 1. The molecular weight excluding hydrogens is 335 g/mol. The van der Waals surface area contributed by atoms with Crippen molar-refractivity contribution in [3.63, 3.8) is 0 Å². The molecule has 0 aliphatic heterocycles. The highest BCUT2D eigenvalue weighted by Crippen LogP contribution is 2.23. The van der Waals surface area contributed by atoms with E-state index in [-0.39, 0.29) is 5.91 Å². The summed E-state index contributed by atoms with van der Waals surface area (Å²) in [7, 11) is 0. The zero-order valence-electron chi connectivity index (χ0n) is 10.8. The van der Waals surface area contributed by atoms with Crippen LogP contribution >= 0.6 is 15.9 Å². The van der Waals surface area contributed by atoms with Gasteiger partial charge in [0.05, 0.1) is 16.8 Å². The Balaban J connectivity index is 1.97. The maximum atomic E-state index is 13.1. The van der Waals surface area contributed by atoms with Crippen LogP contribution in [0.2, 0.25) is 0 Å². The number of anilines is 1. The second-order valence-corrected chi connectivity index (χ2v) is 5.31. The van der Waals surface area contributed by atoms with Crippen LogP contribution in [0.15, 0.2) is 59.2 Å². The number of carbonyl (C=O) groups is 1. The molecule has 0 saturated heterocycles. The van der Waals surface area contributed by atoms with E-state index >= 15 is 0 Å². The molecule has 5 heteroatoms. The predicted octanol–water partition coefficient (Wildman–Crippen LogP) is 4.39. The highest BCUT2D eigenvalue weighted by molar-refractivity contribution is 9.10. The normalized spacial score (nSPS) is 10.6. The lowest BCUT2D eigenvalue weighted by Gasteiger charge is -2.09. The average Bonchev–Trinajstić information content (AvgIpc) is 2.47. The molecule has 21 heavy (non-hydrogen) atoms. The van der Waals surface area contributed by atoms with Gasteiger partial charge in [-0.2, -0.15) is 0 Å². The van der Waals surface area contributed by atoms with Crippen molar-refractivity contribution < 1.29 is 9.18 Å². The van der Waals surface area contributed by atoms with E-state index in [9.17, 15) is 9.18 Å². The number of halogens is 2. The van der Waals surface area contributed by atoms with Crippen LogP contribution in [0.1, 0.15) is 10.4 Å². The van der Waals surface area contributed by atoms with Crippen LogP contribution < -0.4 is 5.32 Å². The molecule has 3 aromatic rings. The molecule has 0 aliphatic rings. The molecule has 1 N–H and O–H groups in total. The van der Waals surface area contributed by atoms with Gasteiger partial charge in [0.2, 0.25) is 0 Å². The van der Waals surface area contributed by atoms with Crippen molar-refractivity contribution in [2.24, 2.45) is 0 Å². The molecule has 1 amide bonds. The van der Waals surface area contributed by atoms with Crippen molar-refractivity contribution in [3.05, 3.63) is 70.6 Å². The van der Waals surface area contributed by atoms with E-state index < -0.39 is 5.82 Å². The Labute approximate surface area is 128 Å². The molecule has 0 spiro atoms. The first-order valence-corrected chi connectivity index (χ1v) is 7.04. The van der Waals surface area contributed by atoms with Gasteiger partial charge in [-0.3, -0.25) is 9.78 Å². The maximum absolute atomic E-state index is 13.1. The van der Waals surface area contributed by atoms with Crippen LogP contribution in [0.25, 0.3) is 10.9 Å². The number of benzene rings is 2. The molecule has 0 radical (unpaired) electrons. The first-order valence-electron chi connectivity index (χ1n) is 6.25. The van der Waals surface area contributed by atoms with E-state index in [4.69, 9.17) is 0 Å². The molecule has 0 bridgehead atoms. The monoisotopic (exact) mass is 344 g/mol. The molecule has 2 aromatic carbocycles. The number of carbonyl (C=O) groups excluding carboxylic acids is 1. The van der Waals surface area contributed by atoms with Gasteiger partial charge < -0.3 is 5.32 Å². The van der Waals surface area contributed by atoms with Gasteiger partial charge >= 0.3 is 0 Å². The summed E-state index contributed by atoms with van der Waals surface area (Å²) in [5, 5.41) is 3.68. The fourth-order valence-electron chi connectivity index (χ4n) is 2.07. The van der Waals surface area contributed by atoms with Gasteiger partial charge in [0.15, 0.2) is 0 Å². The lowest BCUT2D eigenvalue weighted by molar-refractivity contribution is 0.102. The number of amides is 1. The number of hydrogen-bond acceptors (Lipinski definition) is 2. The number of aromatic nitrogens is 1. The lowest BCUT2D eigenvalue weighted by Crippen LogP contribution is -2.13. The highest BCUT2D eigenvalue weighted by Gasteiger charge is 2.12. The Hall–Kier alpha value is -2.27. The molecule has 0 aliphatic carbocycles. The molecule has 0 saturated carbocycles. The van der Waals surface area contributed by atoms with Crippen LogP contribution in [-0.2, 0) is 0 Å². The third-order valence-corrected chi connectivity index (χ3v) is 3.73. The Kier molecular flexibility index (Phi) is 3.66. The van der Waals surface area contributed by atoms with Crippen LogP contribution in [0, 0.1) is 5.82 Å². The van der Waals surface area contributed by atoms with Crippen molar-refractivity contribution in [2.75, 3.05) is 5.32 Å². The summed E-state index contributed by atoms with van der Waals surface area (Å²) in [6, 6.07) is 13.2. The van der Waals surface area contributed by atoms with E-state index in [1.54, 1.807) is 12.3 Å². The van der Waals surface area contributed by atoms with Crippen LogP contribution in [0.5, 0.6) is 0 Å². The fraction of sp³-hybridized carbons (Fsp3) is 0. The van der Waals surface area contributed by atoms with Gasteiger partial charge in [0, 0.05) is 16.1 Å². The fourth-order valence-corrected chi connectivity index (χ4v) is 2.60. The molecular formula is C16H10BrFN2O. The quantitative estimate of drug-likeness (QED) is 0.749. The van der Waals surface area contributed by atoms with Gasteiger partial charge in [-0.15, -0.1) is 0 Å². The highest BCUT2D eigenvalue weighted by atomic mass is 79.9. The summed E-state index contributed by atoms with van der Waals surface area (Å²) < 4.78 is 13.5. The zero-order chi connectivity index (χ0) is 14.8. The van der Waals surface area contributed by atoms with Crippen LogP contribution in [-0.4, -0.2) is 10.9 Å². The number of hydrogen-bond donors (Lipinski definition) is 1. The van der Waals surface area contributed by atoms with Crippen LogP contribution in [0.3, 0.4) is 0 Å². The first kappa shape index (κ1) is 13.7. The summed E-state index contributed by atoms with van der Waals surface area (Å²) in [6.45, 7) is 0. The SMILES string of the molecule is O=C(Nc1ccnc2ccccc12)c1ccc(F)cc1Br. The van der Waals surface area contributed by atoms with Crippen molar-refractivity contribution >= 4 is 38.4 Å². The topological polar surface area (TPSA) is 42.0 Å². The first-order chi connectivity index (χ1) is 10.1. The predicted molar refractivity (Wildman–Crippen MR) is 83.8 cm³/mol. The smallest absolute Gasteiger partial charge is 0.256 e. The van der Waals surface area contributed by atoms with Gasteiger partial charge in [-0.1, -0.05) is 18.2 Å². The summed E-state index contributed by atoms with van der Waals surface area (Å²) in [5.41, 5.74) is 1.84. The van der Waals surface area contributed by atoms with E-state index in [1.165, 1.54) is 18.2 Å². The Morgan fingerprint density at radius 1 is 1.14 bits per heavy atom. The minimum Gasteiger partial charge on any atom is -0.321 e. The van der Waals surface area contributed by atoms with Gasteiger partial charge in [0.1, 0.15) is 5.82 Å². The molecule has 104 valence electrons. The zero-order valence-corrected chi connectivity index (χ0v) is 12.4. The van der Waals surface area contributed by atoms with Crippen molar-refractivity contribution in [2.45, 2.75) is 0 Å². The third kappa shape index (κ3) is 2.78. The van der Waals surface area contributed by atoms with Crippen molar-refractivity contribution in [1.82, 2.24) is 4.98 Å². The summed E-state index contributed by atoms with van der Waals surface area (Å²) in [5.74, 6) is -0.703. The number of pyridine rings is 1. The minimum absolute atomic E-state index is 0.307. The number of nitrogens with zero attached hydrogens (tertiary/aromatic N) is 1. The van der Waals surface area contributed by atoms with Gasteiger partial charge in [0.25, 0.3) is 5.91 Å². The molecule has 1 aromatic heterocycles. The van der Waals surface area contributed by atoms with E-state index in [2.05, 4.69) is 26.2 Å². The molecule has 0 unspecified atom stereocenters. The summed E-state index contributed by atoms with van der Waals surface area (Å²) in [4.78, 5) is 16.5. The van der Waals surface area contributed by atoms with Crippen molar-refractivity contribution in [3.8, 4) is 0 Å². The van der Waals surface area contributed by atoms with E-state index in [1.807, 2.05) is 24.3 Å². The average molecular weight is 345 g/mol. The Morgan fingerprint density at radius 2 is 1.95 bits per heavy atom. The Bertz CT molecular complexity index is 830. The van der Waals surface area contributed by atoms with Gasteiger partial charge in [-0.25, -0.2) is 4.39 Å². The number of fused-ring (bicyclic) bond motifs is 1. The largest absolute Gasteiger partial charge is 0.321 e. The van der Waals surface area contributed by atoms with E-state index in [0.717, 1.165) is 10.9 Å². The molecule has 0 atom stereocenters. The Morgan fingerprint density at radius 3 is 2.76 bits per heavy atom. The maximum Gasteiger partial charge on any atom is 0.256 e. The van der Waals surface area contributed by atoms with Crippen LogP contribution in [0.4, 0.5) is 10.1 Å². The second kappa shape index (κ2) is 5.61. The summed E-state index contributed by atoms with van der Waals surface area (Å²) >= 11 is 3.20. The number of para-hydroxylation sites is 1.